The van der Waals surface area contributed by atoms with Crippen molar-refractivity contribution in [1.82, 2.24) is 9.55 Å². The fourth-order valence-electron chi connectivity index (χ4n) is 3.52. The van der Waals surface area contributed by atoms with Crippen LogP contribution in [0, 0.1) is 11.3 Å². The highest BCUT2D eigenvalue weighted by Crippen LogP contribution is 2.32. The minimum absolute atomic E-state index is 0.115. The van der Waals surface area contributed by atoms with Crippen molar-refractivity contribution in [3.05, 3.63) is 83.4 Å². The molecule has 6 heteroatoms. The van der Waals surface area contributed by atoms with Crippen LogP contribution in [-0.2, 0) is 9.47 Å². The van der Waals surface area contributed by atoms with Gasteiger partial charge in [-0.15, -0.1) is 0 Å². The van der Waals surface area contributed by atoms with Gasteiger partial charge in [-0.05, 0) is 54.5 Å². The largest absolute Gasteiger partial charge is 0.498 e. The van der Waals surface area contributed by atoms with E-state index >= 15 is 0 Å². The highest BCUT2D eigenvalue weighted by atomic mass is 16.5. The van der Waals surface area contributed by atoms with Crippen molar-refractivity contribution in [2.45, 2.75) is 12.5 Å². The smallest absolute Gasteiger partial charge is 0.263 e. The molecule has 29 heavy (non-hydrogen) atoms. The molecular formula is C23H19N3O3. The van der Waals surface area contributed by atoms with E-state index in [1.54, 1.807) is 55.4 Å². The normalized spacial score (nSPS) is 16.1. The number of nitriles is 1. The summed E-state index contributed by atoms with van der Waals surface area (Å²) < 4.78 is 12.5. The van der Waals surface area contributed by atoms with Crippen LogP contribution >= 0.6 is 0 Å². The van der Waals surface area contributed by atoms with E-state index in [4.69, 9.17) is 14.7 Å². The molecule has 1 atom stereocenters. The van der Waals surface area contributed by atoms with Gasteiger partial charge in [0.05, 0.1) is 18.7 Å². The van der Waals surface area contributed by atoms with Crippen LogP contribution < -0.4 is 0 Å². The van der Waals surface area contributed by atoms with E-state index in [-0.39, 0.29) is 12.0 Å². The first-order valence-corrected chi connectivity index (χ1v) is 9.16. The fourth-order valence-corrected chi connectivity index (χ4v) is 3.52. The number of methoxy groups -OCH3 is 2. The van der Waals surface area contributed by atoms with Gasteiger partial charge in [0, 0.05) is 36.0 Å². The Morgan fingerprint density at radius 2 is 2.03 bits per heavy atom. The van der Waals surface area contributed by atoms with Crippen molar-refractivity contribution in [3.8, 4) is 6.07 Å². The molecule has 0 saturated carbocycles. The Bertz CT molecular complexity index is 1180. The molecule has 0 radical (unpaired) electrons. The molecule has 0 aliphatic heterocycles. The maximum absolute atomic E-state index is 13.1. The summed E-state index contributed by atoms with van der Waals surface area (Å²) in [6.07, 6.45) is 8.06. The van der Waals surface area contributed by atoms with E-state index in [1.807, 2.05) is 18.2 Å². The number of hydrogen-bond acceptors (Lipinski definition) is 5. The zero-order chi connectivity index (χ0) is 20.4. The summed E-state index contributed by atoms with van der Waals surface area (Å²) in [6.45, 7) is 0. The zero-order valence-electron chi connectivity index (χ0n) is 16.1. The molecule has 4 rings (SSSR count). The van der Waals surface area contributed by atoms with Crippen LogP contribution in [0.5, 0.6) is 0 Å². The monoisotopic (exact) mass is 385 g/mol. The van der Waals surface area contributed by atoms with Gasteiger partial charge in [-0.3, -0.25) is 9.36 Å². The Labute approximate surface area is 168 Å². The third-order valence-corrected chi connectivity index (χ3v) is 5.04. The van der Waals surface area contributed by atoms with Gasteiger partial charge in [0.1, 0.15) is 17.5 Å². The number of carbonyl (C=O) groups is 1. The van der Waals surface area contributed by atoms with Crippen LogP contribution in [0.15, 0.2) is 66.7 Å². The fraction of sp³-hybridized carbons (Fsp3) is 0.174. The second-order valence-corrected chi connectivity index (χ2v) is 6.65. The lowest BCUT2D eigenvalue weighted by Crippen LogP contribution is -2.17. The van der Waals surface area contributed by atoms with E-state index in [9.17, 15) is 4.79 Å². The number of aromatic nitrogens is 2. The summed E-state index contributed by atoms with van der Waals surface area (Å²) in [5.41, 5.74) is 3.44. The third kappa shape index (κ3) is 3.33. The lowest BCUT2D eigenvalue weighted by atomic mass is 9.97. The minimum Gasteiger partial charge on any atom is -0.498 e. The number of allylic oxidation sites excluding steroid dienone is 2. The molecule has 1 aromatic carbocycles. The van der Waals surface area contributed by atoms with Gasteiger partial charge in [0.2, 0.25) is 0 Å². The molecule has 6 nitrogen and oxygen atoms in total. The van der Waals surface area contributed by atoms with Crippen LogP contribution in [0.25, 0.3) is 16.6 Å². The maximum Gasteiger partial charge on any atom is 0.263 e. The Hall–Kier alpha value is -3.69. The lowest BCUT2D eigenvalue weighted by Gasteiger charge is -2.21. The van der Waals surface area contributed by atoms with E-state index in [1.165, 1.54) is 0 Å². The quantitative estimate of drug-likeness (QED) is 0.680. The molecule has 0 amide bonds. The molecule has 2 heterocycles. The van der Waals surface area contributed by atoms with Gasteiger partial charge < -0.3 is 9.47 Å². The average Bonchev–Trinajstić information content (AvgIpc) is 3.18. The molecule has 3 aromatic rings. The van der Waals surface area contributed by atoms with E-state index < -0.39 is 0 Å². The average molecular weight is 385 g/mol. The summed E-state index contributed by atoms with van der Waals surface area (Å²) in [6, 6.07) is 12.4. The highest BCUT2D eigenvalue weighted by molar-refractivity contribution is 6.05. The Morgan fingerprint density at radius 3 is 2.72 bits per heavy atom. The standard InChI is InChI=1S/C23H19N3O3/c1-28-20-10-9-17(12-21(20)29-2)19-14-26(22-18(19)4-3-11-25-22)23(27)16-7-5-15(13-24)6-8-16/h3-9,11-12,14,20H,10H2,1-2H3. The molecule has 2 aromatic heterocycles. The number of fused-ring (bicyclic) bond motifs is 1. The van der Waals surface area contributed by atoms with Crippen molar-refractivity contribution in [2.75, 3.05) is 14.2 Å². The van der Waals surface area contributed by atoms with Gasteiger partial charge >= 0.3 is 0 Å². The Balaban J connectivity index is 1.80. The van der Waals surface area contributed by atoms with E-state index in [2.05, 4.69) is 17.1 Å². The Kier molecular flexibility index (Phi) is 4.98. The molecule has 1 unspecified atom stereocenters. The van der Waals surface area contributed by atoms with Gasteiger partial charge in [0.15, 0.2) is 0 Å². The topological polar surface area (TPSA) is 77.1 Å². The SMILES string of the molecule is COC1=CC(c2cn(C(=O)c3ccc(C#N)cc3)c3ncccc23)=CCC1OC. The van der Waals surface area contributed by atoms with E-state index in [0.29, 0.717) is 23.2 Å². The molecule has 144 valence electrons. The molecule has 1 aliphatic carbocycles. The first kappa shape index (κ1) is 18.7. The van der Waals surface area contributed by atoms with Crippen LogP contribution in [0.2, 0.25) is 0 Å². The van der Waals surface area contributed by atoms with Crippen LogP contribution in [-0.4, -0.2) is 35.8 Å². The zero-order valence-corrected chi connectivity index (χ0v) is 16.1. The molecule has 1 aliphatic rings. The number of rotatable bonds is 4. The summed E-state index contributed by atoms with van der Waals surface area (Å²) >= 11 is 0. The van der Waals surface area contributed by atoms with Crippen molar-refractivity contribution >= 4 is 22.5 Å². The lowest BCUT2D eigenvalue weighted by molar-refractivity contribution is 0.0799. The third-order valence-electron chi connectivity index (χ3n) is 5.04. The molecule has 0 saturated heterocycles. The molecular weight excluding hydrogens is 366 g/mol. The van der Waals surface area contributed by atoms with Gasteiger partial charge in [-0.1, -0.05) is 6.08 Å². The molecule has 0 N–H and O–H groups in total. The van der Waals surface area contributed by atoms with Crippen LogP contribution in [0.1, 0.15) is 27.9 Å². The predicted octanol–water partition coefficient (Wildman–Crippen LogP) is 3.93. The number of ether oxygens (including phenoxy) is 2. The second kappa shape index (κ2) is 7.74. The van der Waals surface area contributed by atoms with Crippen molar-refractivity contribution in [2.24, 2.45) is 0 Å². The van der Waals surface area contributed by atoms with Crippen molar-refractivity contribution in [1.29, 1.82) is 5.26 Å². The van der Waals surface area contributed by atoms with Gasteiger partial charge in [0.25, 0.3) is 5.91 Å². The van der Waals surface area contributed by atoms with Gasteiger partial charge in [-0.2, -0.15) is 5.26 Å². The molecule has 0 bridgehead atoms. The number of pyridine rings is 1. The number of benzene rings is 1. The minimum atomic E-state index is -0.202. The molecule has 0 fully saturated rings. The summed E-state index contributed by atoms with van der Waals surface area (Å²) in [4.78, 5) is 17.6. The highest BCUT2D eigenvalue weighted by Gasteiger charge is 2.22. The number of hydrogen-bond donors (Lipinski definition) is 0. The summed E-state index contributed by atoms with van der Waals surface area (Å²) in [5, 5.41) is 9.85. The number of nitrogens with zero attached hydrogens (tertiary/aromatic N) is 3. The van der Waals surface area contributed by atoms with E-state index in [0.717, 1.165) is 22.3 Å². The number of carbonyl (C=O) groups excluding carboxylic acids is 1. The first-order valence-electron chi connectivity index (χ1n) is 9.16. The van der Waals surface area contributed by atoms with Crippen LogP contribution in [0.4, 0.5) is 0 Å². The molecule has 0 spiro atoms. The maximum atomic E-state index is 13.1. The van der Waals surface area contributed by atoms with Gasteiger partial charge in [-0.25, -0.2) is 4.98 Å². The van der Waals surface area contributed by atoms with Crippen molar-refractivity contribution < 1.29 is 14.3 Å². The summed E-state index contributed by atoms with van der Waals surface area (Å²) in [7, 11) is 3.28. The van der Waals surface area contributed by atoms with Crippen molar-refractivity contribution in [3.63, 3.8) is 0 Å². The van der Waals surface area contributed by atoms with Crippen LogP contribution in [0.3, 0.4) is 0 Å². The Morgan fingerprint density at radius 1 is 1.24 bits per heavy atom. The first-order chi connectivity index (χ1) is 14.2. The summed E-state index contributed by atoms with van der Waals surface area (Å²) in [5.74, 6) is 0.541. The second-order valence-electron chi connectivity index (χ2n) is 6.65. The predicted molar refractivity (Wildman–Crippen MR) is 109 cm³/mol.